The van der Waals surface area contributed by atoms with Gasteiger partial charge in [0.25, 0.3) is 0 Å². The van der Waals surface area contributed by atoms with Gasteiger partial charge in [-0.15, -0.1) is 13.2 Å². The van der Waals surface area contributed by atoms with E-state index in [2.05, 4.69) is 46.7 Å². The number of rotatable bonds is 5. The molecule has 1 aromatic heterocycles. The van der Waals surface area contributed by atoms with Gasteiger partial charge < -0.3 is 19.3 Å². The van der Waals surface area contributed by atoms with Crippen LogP contribution in [0, 0.1) is 0 Å². The van der Waals surface area contributed by atoms with Crippen LogP contribution in [-0.4, -0.2) is 39.5 Å². The molecule has 0 saturated heterocycles. The predicted octanol–water partition coefficient (Wildman–Crippen LogP) is 5.14. The molecule has 3 rings (SSSR count). The summed E-state index contributed by atoms with van der Waals surface area (Å²) in [6.07, 6.45) is -4.81. The molecule has 0 radical (unpaired) electrons. The number of hydrogen-bond donors (Lipinski definition) is 1. The Hall–Kier alpha value is -2.60. The molecule has 0 saturated carbocycles. The molecule has 3 aromatic rings. The summed E-state index contributed by atoms with van der Waals surface area (Å²) in [4.78, 5) is 17.8. The number of halogens is 5. The third-order valence-corrected chi connectivity index (χ3v) is 4.99. The molecule has 0 aliphatic heterocycles. The van der Waals surface area contributed by atoms with Gasteiger partial charge in [0.05, 0.1) is 8.95 Å². The minimum atomic E-state index is -4.81. The first kappa shape index (κ1) is 22.1. The molecule has 0 aliphatic rings. The van der Waals surface area contributed by atoms with Crippen LogP contribution in [0.2, 0.25) is 0 Å². The van der Waals surface area contributed by atoms with E-state index in [0.717, 1.165) is 6.07 Å². The lowest BCUT2D eigenvalue weighted by atomic mass is 10.2. The van der Waals surface area contributed by atoms with E-state index in [1.807, 2.05) is 0 Å². The third kappa shape index (κ3) is 5.30. The number of hydrogen-bond acceptors (Lipinski definition) is 6. The van der Waals surface area contributed by atoms with Crippen molar-refractivity contribution in [2.45, 2.75) is 12.9 Å². The summed E-state index contributed by atoms with van der Waals surface area (Å²) in [6, 6.07) is 8.39. The number of nitrogens with zero attached hydrogens (tertiary/aromatic N) is 3. The van der Waals surface area contributed by atoms with Crippen molar-refractivity contribution in [2.75, 3.05) is 7.05 Å². The van der Waals surface area contributed by atoms with Gasteiger partial charge in [-0.1, -0.05) is 17.3 Å². The van der Waals surface area contributed by atoms with Crippen LogP contribution in [0.15, 0.2) is 49.9 Å². The smallest absolute Gasteiger partial charge is 0.506 e. The number of phenols is 1. The summed E-state index contributed by atoms with van der Waals surface area (Å²) in [5.41, 5.74) is 0.896. The van der Waals surface area contributed by atoms with E-state index in [4.69, 9.17) is 4.52 Å². The highest BCUT2D eigenvalue weighted by Gasteiger charge is 2.31. The van der Waals surface area contributed by atoms with Gasteiger partial charge in [-0.2, -0.15) is 4.98 Å². The van der Waals surface area contributed by atoms with Crippen molar-refractivity contribution in [3.8, 4) is 22.9 Å². The Labute approximate surface area is 184 Å². The summed E-state index contributed by atoms with van der Waals surface area (Å²) in [7, 11) is 1.44. The van der Waals surface area contributed by atoms with E-state index in [0.29, 0.717) is 20.1 Å². The number of phenolic OH excluding ortho intramolecular Hbond substituents is 1. The highest BCUT2D eigenvalue weighted by molar-refractivity contribution is 9.11. The maximum absolute atomic E-state index is 12.6. The lowest BCUT2D eigenvalue weighted by molar-refractivity contribution is -0.274. The molecule has 30 heavy (non-hydrogen) atoms. The van der Waals surface area contributed by atoms with E-state index < -0.39 is 12.3 Å². The van der Waals surface area contributed by atoms with Crippen molar-refractivity contribution in [1.29, 1.82) is 0 Å². The molecular formula is C18H12Br2F3N3O4. The van der Waals surface area contributed by atoms with Crippen molar-refractivity contribution < 1.29 is 32.3 Å². The van der Waals surface area contributed by atoms with E-state index >= 15 is 0 Å². The molecule has 2 aromatic carbocycles. The number of ether oxygens (including phenoxy) is 1. The van der Waals surface area contributed by atoms with Crippen LogP contribution in [0.4, 0.5) is 13.2 Å². The van der Waals surface area contributed by atoms with Crippen LogP contribution >= 0.6 is 31.9 Å². The number of carbonyl (C=O) groups excluding carboxylic acids is 1. The topological polar surface area (TPSA) is 88.7 Å². The van der Waals surface area contributed by atoms with E-state index in [1.165, 1.54) is 24.1 Å². The normalized spacial score (nSPS) is 11.4. The average molecular weight is 551 g/mol. The Balaban J connectivity index is 1.74. The number of amides is 1. The van der Waals surface area contributed by atoms with Crippen LogP contribution in [-0.2, 0) is 6.54 Å². The van der Waals surface area contributed by atoms with Crippen LogP contribution in [0.1, 0.15) is 16.2 Å². The summed E-state index contributed by atoms with van der Waals surface area (Å²) in [5, 5.41) is 13.5. The SMILES string of the molecule is CN(Cc1cccc(OC(F)(F)F)c1)C(=O)c1nc(-c2cc(Br)c(O)c(Br)c2)no1. The van der Waals surface area contributed by atoms with Crippen LogP contribution < -0.4 is 4.74 Å². The summed E-state index contributed by atoms with van der Waals surface area (Å²) >= 11 is 6.38. The highest BCUT2D eigenvalue weighted by Crippen LogP contribution is 2.36. The summed E-state index contributed by atoms with van der Waals surface area (Å²) in [6.45, 7) is -0.0120. The van der Waals surface area contributed by atoms with Crippen LogP contribution in [0.3, 0.4) is 0 Å². The standard InChI is InChI=1S/C18H12Br2F3N3O4/c1-26(8-9-3-2-4-11(5-9)29-18(21,22)23)17(28)16-24-15(25-30-16)10-6-12(19)14(27)13(20)7-10/h2-7,27H,8H2,1H3. The molecule has 0 aliphatic carbocycles. The van der Waals surface area contributed by atoms with Gasteiger partial charge in [-0.05, 0) is 61.7 Å². The zero-order chi connectivity index (χ0) is 22.1. The van der Waals surface area contributed by atoms with Gasteiger partial charge in [0, 0.05) is 19.2 Å². The number of benzene rings is 2. The second kappa shape index (κ2) is 8.64. The summed E-state index contributed by atoms with van der Waals surface area (Å²) < 4.78 is 46.8. The van der Waals surface area contributed by atoms with Gasteiger partial charge in [0.1, 0.15) is 11.5 Å². The maximum Gasteiger partial charge on any atom is 0.573 e. The Kier molecular flexibility index (Phi) is 6.36. The minimum absolute atomic E-state index is 0.00462. The second-order valence-electron chi connectivity index (χ2n) is 6.07. The van der Waals surface area contributed by atoms with Gasteiger partial charge in [0.15, 0.2) is 0 Å². The quantitative estimate of drug-likeness (QED) is 0.473. The number of aromatic hydroxyl groups is 1. The van der Waals surface area contributed by atoms with Crippen molar-refractivity contribution in [1.82, 2.24) is 15.0 Å². The Morgan fingerprint density at radius 1 is 1.23 bits per heavy atom. The van der Waals surface area contributed by atoms with Gasteiger partial charge in [0.2, 0.25) is 5.82 Å². The molecule has 0 bridgehead atoms. The number of carbonyl (C=O) groups is 1. The Morgan fingerprint density at radius 2 is 1.90 bits per heavy atom. The largest absolute Gasteiger partial charge is 0.573 e. The number of aromatic nitrogens is 2. The van der Waals surface area contributed by atoms with E-state index in [1.54, 1.807) is 18.2 Å². The molecule has 0 unspecified atom stereocenters. The summed E-state index contributed by atoms with van der Waals surface area (Å²) in [5.74, 6) is -1.18. The number of alkyl halides is 3. The molecule has 158 valence electrons. The Bertz CT molecular complexity index is 1070. The molecule has 1 N–H and O–H groups in total. The fraction of sp³-hybridized carbons (Fsp3) is 0.167. The average Bonchev–Trinajstić information content (AvgIpc) is 3.14. The molecular weight excluding hydrogens is 539 g/mol. The Morgan fingerprint density at radius 3 is 2.53 bits per heavy atom. The molecule has 1 amide bonds. The molecule has 0 atom stereocenters. The zero-order valence-corrected chi connectivity index (χ0v) is 18.2. The first-order chi connectivity index (χ1) is 14.0. The van der Waals surface area contributed by atoms with E-state index in [-0.39, 0.29) is 29.8 Å². The second-order valence-corrected chi connectivity index (χ2v) is 7.78. The maximum atomic E-state index is 12.6. The lowest BCUT2D eigenvalue weighted by Crippen LogP contribution is -2.26. The van der Waals surface area contributed by atoms with Crippen molar-refractivity contribution in [3.05, 3.63) is 56.8 Å². The third-order valence-electron chi connectivity index (χ3n) is 3.78. The lowest BCUT2D eigenvalue weighted by Gasteiger charge is -2.16. The fourth-order valence-electron chi connectivity index (χ4n) is 2.47. The van der Waals surface area contributed by atoms with Crippen molar-refractivity contribution >= 4 is 37.8 Å². The minimum Gasteiger partial charge on any atom is -0.506 e. The van der Waals surface area contributed by atoms with E-state index in [9.17, 15) is 23.1 Å². The molecule has 0 spiro atoms. The van der Waals surface area contributed by atoms with Gasteiger partial charge in [-0.3, -0.25) is 4.79 Å². The van der Waals surface area contributed by atoms with Gasteiger partial charge in [-0.25, -0.2) is 0 Å². The predicted molar refractivity (Wildman–Crippen MR) is 106 cm³/mol. The van der Waals surface area contributed by atoms with Crippen LogP contribution in [0.5, 0.6) is 11.5 Å². The molecule has 1 heterocycles. The monoisotopic (exact) mass is 549 g/mol. The van der Waals surface area contributed by atoms with Crippen molar-refractivity contribution in [2.24, 2.45) is 0 Å². The molecule has 12 heteroatoms. The fourth-order valence-corrected chi connectivity index (χ4v) is 3.66. The van der Waals surface area contributed by atoms with Crippen LogP contribution in [0.25, 0.3) is 11.4 Å². The molecule has 0 fully saturated rings. The zero-order valence-electron chi connectivity index (χ0n) is 15.1. The van der Waals surface area contributed by atoms with Gasteiger partial charge >= 0.3 is 18.2 Å². The first-order valence-electron chi connectivity index (χ1n) is 8.16. The first-order valence-corrected chi connectivity index (χ1v) is 9.74. The van der Waals surface area contributed by atoms with Crippen molar-refractivity contribution in [3.63, 3.8) is 0 Å². The molecule has 7 nitrogen and oxygen atoms in total. The highest BCUT2D eigenvalue weighted by atomic mass is 79.9.